The van der Waals surface area contributed by atoms with Crippen molar-refractivity contribution in [2.24, 2.45) is 0 Å². The van der Waals surface area contributed by atoms with Crippen molar-refractivity contribution < 1.29 is 9.84 Å². The zero-order chi connectivity index (χ0) is 13.8. The van der Waals surface area contributed by atoms with Crippen LogP contribution in [-0.4, -0.2) is 10.1 Å². The van der Waals surface area contributed by atoms with Gasteiger partial charge in [-0.2, -0.15) is 0 Å². The van der Waals surface area contributed by atoms with Crippen molar-refractivity contribution >= 4 is 0 Å². The van der Waals surface area contributed by atoms with Crippen LogP contribution in [0.15, 0.2) is 36.4 Å². The molecular weight excluding hydrogens is 238 g/mol. The maximum atomic E-state index is 9.10. The number of aromatic nitrogens is 1. The zero-order valence-electron chi connectivity index (χ0n) is 11.6. The van der Waals surface area contributed by atoms with E-state index in [1.54, 1.807) is 12.1 Å². The largest absolute Gasteiger partial charge is 0.439 e. The molecule has 2 aromatic rings. The van der Waals surface area contributed by atoms with E-state index in [0.29, 0.717) is 17.5 Å². The van der Waals surface area contributed by atoms with E-state index in [0.717, 1.165) is 16.9 Å². The summed E-state index contributed by atoms with van der Waals surface area (Å²) in [7, 11) is 0. The van der Waals surface area contributed by atoms with Gasteiger partial charge in [-0.25, -0.2) is 4.98 Å². The molecule has 0 amide bonds. The minimum atomic E-state index is -0.0813. The summed E-state index contributed by atoms with van der Waals surface area (Å²) >= 11 is 0. The standard InChI is InChI=1S/C16H19NO2/c1-11(2)14-8-7-12(3)9-15(14)19-16-6-4-5-13(10-18)17-16/h4-9,11,18H,10H2,1-3H3. The van der Waals surface area contributed by atoms with E-state index in [9.17, 15) is 0 Å². The molecule has 0 saturated carbocycles. The fourth-order valence-electron chi connectivity index (χ4n) is 1.92. The van der Waals surface area contributed by atoms with E-state index in [1.165, 1.54) is 0 Å². The lowest BCUT2D eigenvalue weighted by Crippen LogP contribution is -1.97. The van der Waals surface area contributed by atoms with Crippen LogP contribution in [0.4, 0.5) is 0 Å². The first-order chi connectivity index (χ1) is 9.10. The Labute approximate surface area is 113 Å². The van der Waals surface area contributed by atoms with Gasteiger partial charge in [-0.05, 0) is 36.1 Å². The molecule has 0 aliphatic heterocycles. The molecule has 1 heterocycles. The van der Waals surface area contributed by atoms with Crippen molar-refractivity contribution in [2.75, 3.05) is 0 Å². The Morgan fingerprint density at radius 2 is 2.00 bits per heavy atom. The first-order valence-corrected chi connectivity index (χ1v) is 6.45. The second-order valence-corrected chi connectivity index (χ2v) is 4.92. The average molecular weight is 257 g/mol. The molecule has 0 bridgehead atoms. The average Bonchev–Trinajstić information content (AvgIpc) is 2.38. The number of rotatable bonds is 4. The maximum Gasteiger partial charge on any atom is 0.219 e. The Kier molecular flexibility index (Phi) is 4.17. The van der Waals surface area contributed by atoms with Crippen molar-refractivity contribution in [1.29, 1.82) is 0 Å². The number of aliphatic hydroxyl groups is 1. The van der Waals surface area contributed by atoms with Crippen molar-refractivity contribution in [2.45, 2.75) is 33.3 Å². The van der Waals surface area contributed by atoms with Gasteiger partial charge in [0.05, 0.1) is 12.3 Å². The van der Waals surface area contributed by atoms with E-state index in [4.69, 9.17) is 9.84 Å². The lowest BCUT2D eigenvalue weighted by Gasteiger charge is -2.14. The summed E-state index contributed by atoms with van der Waals surface area (Å²) in [5.74, 6) is 1.73. The smallest absolute Gasteiger partial charge is 0.219 e. The molecule has 0 aliphatic carbocycles. The van der Waals surface area contributed by atoms with Crippen molar-refractivity contribution in [3.63, 3.8) is 0 Å². The van der Waals surface area contributed by atoms with E-state index in [1.807, 2.05) is 19.1 Å². The van der Waals surface area contributed by atoms with Gasteiger partial charge in [0, 0.05) is 6.07 Å². The van der Waals surface area contributed by atoms with Gasteiger partial charge in [-0.1, -0.05) is 32.0 Å². The molecule has 0 spiro atoms. The van der Waals surface area contributed by atoms with E-state index < -0.39 is 0 Å². The highest BCUT2D eigenvalue weighted by molar-refractivity contribution is 5.41. The highest BCUT2D eigenvalue weighted by Gasteiger charge is 2.09. The molecule has 0 fully saturated rings. The summed E-state index contributed by atoms with van der Waals surface area (Å²) < 4.78 is 5.87. The number of aliphatic hydroxyl groups excluding tert-OH is 1. The number of hydrogen-bond donors (Lipinski definition) is 1. The molecule has 3 heteroatoms. The summed E-state index contributed by atoms with van der Waals surface area (Å²) in [5, 5.41) is 9.10. The predicted molar refractivity (Wildman–Crippen MR) is 75.5 cm³/mol. The molecule has 0 atom stereocenters. The fraction of sp³-hybridized carbons (Fsp3) is 0.312. The Balaban J connectivity index is 2.33. The van der Waals surface area contributed by atoms with Crippen LogP contribution in [0, 0.1) is 6.92 Å². The van der Waals surface area contributed by atoms with Crippen LogP contribution in [0.3, 0.4) is 0 Å². The number of aryl methyl sites for hydroxylation is 1. The van der Waals surface area contributed by atoms with Crippen molar-refractivity contribution in [3.8, 4) is 11.6 Å². The van der Waals surface area contributed by atoms with Crippen LogP contribution in [0.25, 0.3) is 0 Å². The van der Waals surface area contributed by atoms with Crippen LogP contribution in [0.2, 0.25) is 0 Å². The molecule has 1 N–H and O–H groups in total. The van der Waals surface area contributed by atoms with Gasteiger partial charge >= 0.3 is 0 Å². The van der Waals surface area contributed by atoms with E-state index in [2.05, 4.69) is 31.0 Å². The van der Waals surface area contributed by atoms with Crippen LogP contribution < -0.4 is 4.74 Å². The minimum Gasteiger partial charge on any atom is -0.439 e. The number of nitrogens with zero attached hydrogens (tertiary/aromatic N) is 1. The lowest BCUT2D eigenvalue weighted by molar-refractivity contribution is 0.275. The Morgan fingerprint density at radius 3 is 2.68 bits per heavy atom. The third-order valence-corrected chi connectivity index (χ3v) is 2.95. The molecule has 100 valence electrons. The number of benzene rings is 1. The third kappa shape index (κ3) is 3.32. The maximum absolute atomic E-state index is 9.10. The zero-order valence-corrected chi connectivity index (χ0v) is 11.6. The molecule has 19 heavy (non-hydrogen) atoms. The molecule has 0 unspecified atom stereocenters. The van der Waals surface area contributed by atoms with Crippen molar-refractivity contribution in [3.05, 3.63) is 53.2 Å². The molecule has 0 saturated heterocycles. The molecule has 1 aromatic carbocycles. The summed E-state index contributed by atoms with van der Waals surface area (Å²) in [4.78, 5) is 4.24. The monoisotopic (exact) mass is 257 g/mol. The Hall–Kier alpha value is -1.87. The second-order valence-electron chi connectivity index (χ2n) is 4.92. The Morgan fingerprint density at radius 1 is 1.21 bits per heavy atom. The van der Waals surface area contributed by atoms with Gasteiger partial charge in [0.15, 0.2) is 0 Å². The molecular formula is C16H19NO2. The minimum absolute atomic E-state index is 0.0813. The van der Waals surface area contributed by atoms with Crippen LogP contribution in [-0.2, 0) is 6.61 Å². The highest BCUT2D eigenvalue weighted by atomic mass is 16.5. The highest BCUT2D eigenvalue weighted by Crippen LogP contribution is 2.30. The lowest BCUT2D eigenvalue weighted by atomic mass is 10.0. The second kappa shape index (κ2) is 5.85. The number of pyridine rings is 1. The van der Waals surface area contributed by atoms with Gasteiger partial charge in [0.1, 0.15) is 5.75 Å². The molecule has 1 aromatic heterocycles. The predicted octanol–water partition coefficient (Wildman–Crippen LogP) is 3.80. The first-order valence-electron chi connectivity index (χ1n) is 6.45. The normalized spacial score (nSPS) is 10.8. The van der Waals surface area contributed by atoms with Crippen LogP contribution >= 0.6 is 0 Å². The summed E-state index contributed by atoms with van der Waals surface area (Å²) in [5.41, 5.74) is 2.91. The van der Waals surface area contributed by atoms with Crippen LogP contribution in [0.1, 0.15) is 36.6 Å². The van der Waals surface area contributed by atoms with Crippen molar-refractivity contribution in [1.82, 2.24) is 4.98 Å². The van der Waals surface area contributed by atoms with Gasteiger partial charge in [-0.3, -0.25) is 0 Å². The SMILES string of the molecule is Cc1ccc(C(C)C)c(Oc2cccc(CO)n2)c1. The van der Waals surface area contributed by atoms with E-state index >= 15 is 0 Å². The van der Waals surface area contributed by atoms with Gasteiger partial charge in [0.25, 0.3) is 0 Å². The van der Waals surface area contributed by atoms with Gasteiger partial charge in [-0.15, -0.1) is 0 Å². The first kappa shape index (κ1) is 13.6. The number of hydrogen-bond acceptors (Lipinski definition) is 3. The molecule has 0 aliphatic rings. The molecule has 0 radical (unpaired) electrons. The van der Waals surface area contributed by atoms with Gasteiger partial charge in [0.2, 0.25) is 5.88 Å². The summed E-state index contributed by atoms with van der Waals surface area (Å²) in [6.45, 7) is 6.22. The summed E-state index contributed by atoms with van der Waals surface area (Å²) in [6, 6.07) is 11.6. The van der Waals surface area contributed by atoms with Crippen LogP contribution in [0.5, 0.6) is 11.6 Å². The van der Waals surface area contributed by atoms with E-state index in [-0.39, 0.29) is 6.61 Å². The molecule has 3 nitrogen and oxygen atoms in total. The Bertz CT molecular complexity index is 564. The fourth-order valence-corrected chi connectivity index (χ4v) is 1.92. The summed E-state index contributed by atoms with van der Waals surface area (Å²) in [6.07, 6.45) is 0. The van der Waals surface area contributed by atoms with Gasteiger partial charge < -0.3 is 9.84 Å². The number of ether oxygens (including phenoxy) is 1. The quantitative estimate of drug-likeness (QED) is 0.906. The molecule has 2 rings (SSSR count). The third-order valence-electron chi connectivity index (χ3n) is 2.95. The topological polar surface area (TPSA) is 42.4 Å².